The fourth-order valence-electron chi connectivity index (χ4n) is 3.63. The van der Waals surface area contributed by atoms with Crippen molar-refractivity contribution in [2.45, 2.75) is 51.1 Å². The number of hydrogen-bond donors (Lipinski definition) is 3. The lowest BCUT2D eigenvalue weighted by atomic mass is 9.94. The zero-order valence-corrected chi connectivity index (χ0v) is 16.6. The van der Waals surface area contributed by atoms with E-state index < -0.39 is 0 Å². The van der Waals surface area contributed by atoms with Crippen molar-refractivity contribution in [1.29, 1.82) is 0 Å². The minimum atomic E-state index is -0.205. The average molecular weight is 387 g/mol. The largest absolute Gasteiger partial charge is 0.349 e. The maximum absolute atomic E-state index is 12.5. The number of carbonyl (C=O) groups is 2. The molecule has 0 saturated heterocycles. The Kier molecular flexibility index (Phi) is 6.23. The second-order valence-corrected chi connectivity index (χ2v) is 8.02. The van der Waals surface area contributed by atoms with Gasteiger partial charge in [-0.05, 0) is 25.3 Å². The van der Waals surface area contributed by atoms with Crippen molar-refractivity contribution in [2.75, 3.05) is 11.9 Å². The molecule has 0 bridgehead atoms. The Morgan fingerprint density at radius 2 is 1.93 bits per heavy atom. The van der Waals surface area contributed by atoms with E-state index in [0.717, 1.165) is 25.7 Å². The molecule has 6 nitrogen and oxygen atoms in total. The average Bonchev–Trinajstić information content (AvgIpc) is 3.30. The molecule has 2 aromatic rings. The molecule has 0 aliphatic heterocycles. The SMILES string of the molecule is CC(=O)Nc1nc(C(=O)NCC2(NC(C)c3ccccc3)CCCC2)cs1. The summed E-state index contributed by atoms with van der Waals surface area (Å²) in [5.74, 6) is -0.399. The van der Waals surface area contributed by atoms with E-state index >= 15 is 0 Å². The monoisotopic (exact) mass is 386 g/mol. The smallest absolute Gasteiger partial charge is 0.270 e. The number of rotatable bonds is 7. The van der Waals surface area contributed by atoms with Gasteiger partial charge in [0.15, 0.2) is 5.13 Å². The Bertz CT molecular complexity index is 784. The maximum atomic E-state index is 12.5. The molecular weight excluding hydrogens is 360 g/mol. The van der Waals surface area contributed by atoms with Crippen molar-refractivity contribution in [3.05, 3.63) is 47.0 Å². The highest BCUT2D eigenvalue weighted by molar-refractivity contribution is 7.14. The van der Waals surface area contributed by atoms with Crippen LogP contribution in [0.25, 0.3) is 0 Å². The van der Waals surface area contributed by atoms with E-state index in [4.69, 9.17) is 0 Å². The first-order valence-electron chi connectivity index (χ1n) is 9.31. The third-order valence-corrected chi connectivity index (χ3v) is 5.75. The summed E-state index contributed by atoms with van der Waals surface area (Å²) in [4.78, 5) is 27.8. The molecule has 1 aliphatic carbocycles. The number of carbonyl (C=O) groups excluding carboxylic acids is 2. The van der Waals surface area contributed by atoms with E-state index in [-0.39, 0.29) is 23.4 Å². The Labute approximate surface area is 163 Å². The number of amides is 2. The molecule has 3 N–H and O–H groups in total. The molecule has 3 rings (SSSR count). The number of nitrogens with zero attached hydrogens (tertiary/aromatic N) is 1. The van der Waals surface area contributed by atoms with Crippen LogP contribution in [0.1, 0.15) is 61.6 Å². The minimum Gasteiger partial charge on any atom is -0.349 e. The fourth-order valence-corrected chi connectivity index (χ4v) is 4.37. The van der Waals surface area contributed by atoms with Crippen LogP contribution in [0.5, 0.6) is 0 Å². The predicted molar refractivity (Wildman–Crippen MR) is 108 cm³/mol. The lowest BCUT2D eigenvalue weighted by Gasteiger charge is -2.34. The molecule has 1 unspecified atom stereocenters. The molecule has 0 radical (unpaired) electrons. The lowest BCUT2D eigenvalue weighted by molar-refractivity contribution is -0.114. The van der Waals surface area contributed by atoms with Crippen LogP contribution in [0.4, 0.5) is 5.13 Å². The number of thiazole rings is 1. The van der Waals surface area contributed by atoms with Crippen LogP contribution in [0.15, 0.2) is 35.7 Å². The Morgan fingerprint density at radius 3 is 2.59 bits per heavy atom. The van der Waals surface area contributed by atoms with E-state index in [1.807, 2.05) is 18.2 Å². The maximum Gasteiger partial charge on any atom is 0.270 e. The minimum absolute atomic E-state index is 0.0958. The number of benzene rings is 1. The van der Waals surface area contributed by atoms with Crippen molar-refractivity contribution in [1.82, 2.24) is 15.6 Å². The molecule has 0 spiro atoms. The normalized spacial score (nSPS) is 16.7. The number of hydrogen-bond acceptors (Lipinski definition) is 5. The first-order chi connectivity index (χ1) is 13.0. The summed E-state index contributed by atoms with van der Waals surface area (Å²) >= 11 is 1.25. The second kappa shape index (κ2) is 8.63. The first-order valence-corrected chi connectivity index (χ1v) is 10.2. The first kappa shape index (κ1) is 19.5. The molecule has 1 aromatic carbocycles. The highest BCUT2D eigenvalue weighted by atomic mass is 32.1. The second-order valence-electron chi connectivity index (χ2n) is 7.17. The number of nitrogens with one attached hydrogen (secondary N) is 3. The third kappa shape index (κ3) is 5.14. The highest BCUT2D eigenvalue weighted by Crippen LogP contribution is 2.32. The van der Waals surface area contributed by atoms with Gasteiger partial charge in [0.05, 0.1) is 0 Å². The molecule has 1 aromatic heterocycles. The summed E-state index contributed by atoms with van der Waals surface area (Å²) < 4.78 is 0. The van der Waals surface area contributed by atoms with Crippen molar-refractivity contribution in [3.63, 3.8) is 0 Å². The summed E-state index contributed by atoms with van der Waals surface area (Å²) in [5.41, 5.74) is 1.49. The molecule has 2 amide bonds. The Hall–Kier alpha value is -2.25. The molecule has 1 heterocycles. The summed E-state index contributed by atoms with van der Waals surface area (Å²) in [5, 5.41) is 11.5. The van der Waals surface area contributed by atoms with E-state index in [9.17, 15) is 9.59 Å². The lowest BCUT2D eigenvalue weighted by Crippen LogP contribution is -2.52. The standard InChI is InChI=1S/C20H26N4O2S/c1-14(16-8-4-3-5-9-16)24-20(10-6-7-11-20)13-21-18(26)17-12-27-19(23-17)22-15(2)25/h3-5,8-9,12,14,24H,6-7,10-11,13H2,1-2H3,(H,21,26)(H,22,23,25). The topological polar surface area (TPSA) is 83.1 Å². The summed E-state index contributed by atoms with van der Waals surface area (Å²) in [6.07, 6.45) is 4.40. The Morgan fingerprint density at radius 1 is 1.22 bits per heavy atom. The molecule has 7 heteroatoms. The van der Waals surface area contributed by atoms with Gasteiger partial charge in [0.2, 0.25) is 5.91 Å². The van der Waals surface area contributed by atoms with Crippen molar-refractivity contribution in [3.8, 4) is 0 Å². The van der Waals surface area contributed by atoms with E-state index in [1.165, 1.54) is 23.8 Å². The van der Waals surface area contributed by atoms with Crippen molar-refractivity contribution >= 4 is 28.3 Å². The van der Waals surface area contributed by atoms with E-state index in [1.54, 1.807) is 5.38 Å². The Balaban J connectivity index is 1.61. The van der Waals surface area contributed by atoms with Gasteiger partial charge in [-0.1, -0.05) is 43.2 Å². The summed E-state index contributed by atoms with van der Waals surface area (Å²) in [6, 6.07) is 10.6. The molecule has 1 atom stereocenters. The van der Waals surface area contributed by atoms with Crippen LogP contribution in [-0.4, -0.2) is 28.9 Å². The molecular formula is C20H26N4O2S. The predicted octanol–water partition coefficient (Wildman–Crippen LogP) is 3.49. The van der Waals surface area contributed by atoms with Gasteiger partial charge in [-0.15, -0.1) is 11.3 Å². The van der Waals surface area contributed by atoms with Gasteiger partial charge in [-0.2, -0.15) is 0 Å². The summed E-state index contributed by atoms with van der Waals surface area (Å²) in [6.45, 7) is 4.15. The van der Waals surface area contributed by atoms with Gasteiger partial charge >= 0.3 is 0 Å². The van der Waals surface area contributed by atoms with Crippen molar-refractivity contribution in [2.24, 2.45) is 0 Å². The fraction of sp³-hybridized carbons (Fsp3) is 0.450. The zero-order valence-electron chi connectivity index (χ0n) is 15.7. The number of anilines is 1. The molecule has 1 fully saturated rings. The molecule has 1 saturated carbocycles. The van der Waals surface area contributed by atoms with Crippen LogP contribution in [0.3, 0.4) is 0 Å². The van der Waals surface area contributed by atoms with Gasteiger partial charge in [-0.3, -0.25) is 9.59 Å². The van der Waals surface area contributed by atoms with Crippen LogP contribution in [0, 0.1) is 0 Å². The van der Waals surface area contributed by atoms with Gasteiger partial charge in [0.25, 0.3) is 5.91 Å². The van der Waals surface area contributed by atoms with Crippen LogP contribution in [-0.2, 0) is 4.79 Å². The van der Waals surface area contributed by atoms with Crippen LogP contribution >= 0.6 is 11.3 Å². The van der Waals surface area contributed by atoms with Crippen LogP contribution in [0.2, 0.25) is 0 Å². The van der Waals surface area contributed by atoms with E-state index in [2.05, 4.69) is 40.0 Å². The highest BCUT2D eigenvalue weighted by Gasteiger charge is 2.35. The van der Waals surface area contributed by atoms with Gasteiger partial charge < -0.3 is 16.0 Å². The quantitative estimate of drug-likeness (QED) is 0.680. The van der Waals surface area contributed by atoms with Gasteiger partial charge in [0.1, 0.15) is 5.69 Å². The van der Waals surface area contributed by atoms with Gasteiger partial charge in [0, 0.05) is 30.4 Å². The van der Waals surface area contributed by atoms with Gasteiger partial charge in [-0.25, -0.2) is 4.98 Å². The zero-order chi connectivity index (χ0) is 19.3. The number of aromatic nitrogens is 1. The third-order valence-electron chi connectivity index (χ3n) is 4.99. The summed E-state index contributed by atoms with van der Waals surface area (Å²) in [7, 11) is 0. The van der Waals surface area contributed by atoms with E-state index in [0.29, 0.717) is 17.4 Å². The van der Waals surface area contributed by atoms with Crippen molar-refractivity contribution < 1.29 is 9.59 Å². The molecule has 1 aliphatic rings. The molecule has 27 heavy (non-hydrogen) atoms. The molecule has 144 valence electrons. The van der Waals surface area contributed by atoms with Crippen LogP contribution < -0.4 is 16.0 Å².